The Balaban J connectivity index is 2.05. The molecular weight excluding hydrogens is 329 g/mol. The lowest BCUT2D eigenvalue weighted by molar-refractivity contribution is 0.580. The van der Waals surface area contributed by atoms with E-state index < -0.39 is 10.0 Å². The molecule has 0 fully saturated rings. The minimum Gasteiger partial charge on any atom is -0.212 e. The number of sulfonamides is 1. The molecule has 21 heavy (non-hydrogen) atoms. The molecule has 0 amide bonds. The van der Waals surface area contributed by atoms with Crippen LogP contribution in [0.25, 0.3) is 0 Å². The maximum Gasteiger partial charge on any atom is 0.216 e. The van der Waals surface area contributed by atoms with Gasteiger partial charge < -0.3 is 0 Å². The molecule has 0 heterocycles. The van der Waals surface area contributed by atoms with Gasteiger partial charge in [0, 0.05) is 16.6 Å². The van der Waals surface area contributed by atoms with Gasteiger partial charge in [0.1, 0.15) is 0 Å². The van der Waals surface area contributed by atoms with Crippen LogP contribution in [0.2, 0.25) is 10.0 Å². The van der Waals surface area contributed by atoms with Gasteiger partial charge in [0.05, 0.1) is 5.75 Å². The molecule has 2 rings (SSSR count). The van der Waals surface area contributed by atoms with Gasteiger partial charge in [-0.05, 0) is 30.2 Å². The zero-order chi connectivity index (χ0) is 15.5. The lowest BCUT2D eigenvalue weighted by Crippen LogP contribution is -2.24. The van der Waals surface area contributed by atoms with Gasteiger partial charge in [-0.15, -0.1) is 0 Å². The van der Waals surface area contributed by atoms with E-state index in [4.69, 9.17) is 23.2 Å². The van der Waals surface area contributed by atoms with Crippen molar-refractivity contribution in [3.05, 3.63) is 69.2 Å². The first-order valence-electron chi connectivity index (χ1n) is 6.32. The molecule has 3 nitrogen and oxygen atoms in total. The molecule has 0 bridgehead atoms. The number of nitrogens with one attached hydrogen (secondary N) is 1. The van der Waals surface area contributed by atoms with Gasteiger partial charge >= 0.3 is 0 Å². The third-order valence-electron chi connectivity index (χ3n) is 2.94. The maximum atomic E-state index is 12.1. The Hall–Kier alpha value is -1.07. The summed E-state index contributed by atoms with van der Waals surface area (Å²) in [5, 5.41) is 0.831. The average Bonchev–Trinajstić information content (AvgIpc) is 2.40. The second kappa shape index (κ2) is 6.79. The lowest BCUT2D eigenvalue weighted by Gasteiger charge is -2.09. The van der Waals surface area contributed by atoms with Crippen molar-refractivity contribution in [2.75, 3.05) is 0 Å². The van der Waals surface area contributed by atoms with Gasteiger partial charge in [0.25, 0.3) is 0 Å². The second-order valence-electron chi connectivity index (χ2n) is 4.80. The van der Waals surface area contributed by atoms with Crippen molar-refractivity contribution in [2.45, 2.75) is 19.2 Å². The molecule has 0 aliphatic carbocycles. The largest absolute Gasteiger partial charge is 0.216 e. The van der Waals surface area contributed by atoms with Crippen LogP contribution in [0.15, 0.2) is 42.5 Å². The van der Waals surface area contributed by atoms with Crippen molar-refractivity contribution < 1.29 is 8.42 Å². The first-order chi connectivity index (χ1) is 9.85. The standard InChI is InChI=1S/C15H15Cl2NO2S/c1-11-3-2-4-12(7-11)9-18-21(19,20)10-13-5-6-14(16)8-15(13)17/h2-8,18H,9-10H2,1H3. The number of hydrogen-bond donors (Lipinski definition) is 1. The highest BCUT2D eigenvalue weighted by molar-refractivity contribution is 7.88. The highest BCUT2D eigenvalue weighted by Gasteiger charge is 2.14. The molecule has 2 aromatic rings. The molecule has 1 N–H and O–H groups in total. The minimum absolute atomic E-state index is 0.172. The normalized spacial score (nSPS) is 11.6. The van der Waals surface area contributed by atoms with Crippen LogP contribution in [0.1, 0.15) is 16.7 Å². The van der Waals surface area contributed by atoms with E-state index in [9.17, 15) is 8.42 Å². The topological polar surface area (TPSA) is 46.2 Å². The SMILES string of the molecule is Cc1cccc(CNS(=O)(=O)Cc2ccc(Cl)cc2Cl)c1. The quantitative estimate of drug-likeness (QED) is 0.894. The summed E-state index contributed by atoms with van der Waals surface area (Å²) in [6, 6.07) is 12.5. The zero-order valence-corrected chi connectivity index (χ0v) is 13.8. The zero-order valence-electron chi connectivity index (χ0n) is 11.4. The Morgan fingerprint density at radius 3 is 2.52 bits per heavy atom. The van der Waals surface area contributed by atoms with E-state index in [1.54, 1.807) is 12.1 Å². The number of aryl methyl sites for hydroxylation is 1. The van der Waals surface area contributed by atoms with Gasteiger partial charge in [0.15, 0.2) is 0 Å². The van der Waals surface area contributed by atoms with Crippen LogP contribution >= 0.6 is 23.2 Å². The summed E-state index contributed by atoms with van der Waals surface area (Å²) >= 11 is 11.8. The minimum atomic E-state index is -3.46. The Bertz CT molecular complexity index is 745. The van der Waals surface area contributed by atoms with Crippen molar-refractivity contribution >= 4 is 33.2 Å². The summed E-state index contributed by atoms with van der Waals surface area (Å²) in [5.41, 5.74) is 2.53. The molecule has 0 saturated heterocycles. The van der Waals surface area contributed by atoms with Crippen LogP contribution in [0.5, 0.6) is 0 Å². The smallest absolute Gasteiger partial charge is 0.212 e. The predicted molar refractivity (Wildman–Crippen MR) is 87.1 cm³/mol. The molecule has 0 aliphatic heterocycles. The summed E-state index contributed by atoms with van der Waals surface area (Å²) in [5.74, 6) is -0.172. The van der Waals surface area contributed by atoms with Crippen LogP contribution in [0.3, 0.4) is 0 Å². The van der Waals surface area contributed by atoms with E-state index in [2.05, 4.69) is 4.72 Å². The molecular formula is C15H15Cl2NO2S. The van der Waals surface area contributed by atoms with Crippen LogP contribution < -0.4 is 4.72 Å². The highest BCUT2D eigenvalue weighted by atomic mass is 35.5. The Morgan fingerprint density at radius 2 is 1.86 bits per heavy atom. The number of halogens is 2. The van der Waals surface area contributed by atoms with Crippen LogP contribution in [0.4, 0.5) is 0 Å². The van der Waals surface area contributed by atoms with Gasteiger partial charge in [0.2, 0.25) is 10.0 Å². The molecule has 0 spiro atoms. The summed E-state index contributed by atoms with van der Waals surface area (Å²) in [7, 11) is -3.46. The fraction of sp³-hybridized carbons (Fsp3) is 0.200. The summed E-state index contributed by atoms with van der Waals surface area (Å²) in [4.78, 5) is 0. The third kappa shape index (κ3) is 5.00. The maximum absolute atomic E-state index is 12.1. The molecule has 0 radical (unpaired) electrons. The van der Waals surface area contributed by atoms with E-state index in [1.165, 1.54) is 6.07 Å². The van der Waals surface area contributed by atoms with Crippen molar-refractivity contribution in [3.63, 3.8) is 0 Å². The van der Waals surface area contributed by atoms with E-state index in [0.717, 1.165) is 11.1 Å². The molecule has 0 atom stereocenters. The third-order valence-corrected chi connectivity index (χ3v) is 4.80. The van der Waals surface area contributed by atoms with Crippen molar-refractivity contribution in [1.82, 2.24) is 4.72 Å². The van der Waals surface area contributed by atoms with Crippen LogP contribution in [0, 0.1) is 6.92 Å². The number of hydrogen-bond acceptors (Lipinski definition) is 2. The van der Waals surface area contributed by atoms with Crippen molar-refractivity contribution in [3.8, 4) is 0 Å². The Labute approximate surface area is 135 Å². The summed E-state index contributed by atoms with van der Waals surface area (Å²) < 4.78 is 26.8. The fourth-order valence-electron chi connectivity index (χ4n) is 1.91. The Morgan fingerprint density at radius 1 is 1.10 bits per heavy atom. The molecule has 6 heteroatoms. The Kier molecular flexibility index (Phi) is 5.27. The van der Waals surface area contributed by atoms with Gasteiger partial charge in [-0.25, -0.2) is 13.1 Å². The van der Waals surface area contributed by atoms with Gasteiger partial charge in [-0.1, -0.05) is 59.1 Å². The molecule has 112 valence electrons. The number of benzene rings is 2. The van der Waals surface area contributed by atoms with E-state index in [0.29, 0.717) is 15.6 Å². The molecule has 0 unspecified atom stereocenters. The molecule has 0 aliphatic rings. The molecule has 0 saturated carbocycles. The first kappa shape index (κ1) is 16.3. The average molecular weight is 344 g/mol. The van der Waals surface area contributed by atoms with E-state index in [-0.39, 0.29) is 12.3 Å². The van der Waals surface area contributed by atoms with Crippen molar-refractivity contribution in [2.24, 2.45) is 0 Å². The fourth-order valence-corrected chi connectivity index (χ4v) is 3.61. The van der Waals surface area contributed by atoms with Crippen molar-refractivity contribution in [1.29, 1.82) is 0 Å². The van der Waals surface area contributed by atoms with Crippen LogP contribution in [-0.2, 0) is 22.3 Å². The highest BCUT2D eigenvalue weighted by Crippen LogP contribution is 2.22. The van der Waals surface area contributed by atoms with E-state index >= 15 is 0 Å². The van der Waals surface area contributed by atoms with Gasteiger partial charge in [-0.3, -0.25) is 0 Å². The lowest BCUT2D eigenvalue weighted by atomic mass is 10.1. The monoisotopic (exact) mass is 343 g/mol. The first-order valence-corrected chi connectivity index (χ1v) is 8.73. The summed E-state index contributed by atoms with van der Waals surface area (Å²) in [6.45, 7) is 2.22. The second-order valence-corrected chi connectivity index (χ2v) is 7.46. The summed E-state index contributed by atoms with van der Waals surface area (Å²) in [6.07, 6.45) is 0. The van der Waals surface area contributed by atoms with Crippen LogP contribution in [-0.4, -0.2) is 8.42 Å². The molecule has 0 aromatic heterocycles. The predicted octanol–water partition coefficient (Wildman–Crippen LogP) is 3.92. The molecule has 2 aromatic carbocycles. The van der Waals surface area contributed by atoms with Gasteiger partial charge in [-0.2, -0.15) is 0 Å². The van der Waals surface area contributed by atoms with E-state index in [1.807, 2.05) is 31.2 Å². The number of rotatable bonds is 5.